The molecule has 0 amide bonds. The monoisotopic (exact) mass is 562 g/mol. The molecule has 0 aliphatic heterocycles. The summed E-state index contributed by atoms with van der Waals surface area (Å²) < 4.78 is 2.65. The van der Waals surface area contributed by atoms with Crippen molar-refractivity contribution in [1.29, 1.82) is 0 Å². The number of thiophene rings is 1. The summed E-state index contributed by atoms with van der Waals surface area (Å²) in [4.78, 5) is 0. The molecular weight excluding hydrogens is 537 g/mol. The summed E-state index contributed by atoms with van der Waals surface area (Å²) >= 11 is 1.88. The zero-order valence-corrected chi connectivity index (χ0v) is 24.2. The maximum absolute atomic E-state index is 2.33. The van der Waals surface area contributed by atoms with Gasteiger partial charge < -0.3 is 0 Å². The van der Waals surface area contributed by atoms with Gasteiger partial charge in [-0.05, 0) is 77.8 Å². The van der Waals surface area contributed by atoms with Gasteiger partial charge in [-0.2, -0.15) is 0 Å². The smallest absolute Gasteiger partial charge is 0.0361 e. The van der Waals surface area contributed by atoms with E-state index in [2.05, 4.69) is 158 Å². The molecule has 9 rings (SSSR count). The minimum atomic E-state index is 1.23. The molecule has 1 heterocycles. The lowest BCUT2D eigenvalue weighted by Crippen LogP contribution is -1.93. The van der Waals surface area contributed by atoms with Gasteiger partial charge in [-0.25, -0.2) is 0 Å². The maximum Gasteiger partial charge on any atom is 0.0361 e. The lowest BCUT2D eigenvalue weighted by Gasteiger charge is -2.20. The van der Waals surface area contributed by atoms with Crippen molar-refractivity contribution in [2.75, 3.05) is 0 Å². The van der Waals surface area contributed by atoms with Crippen LogP contribution in [0, 0.1) is 0 Å². The molecule has 43 heavy (non-hydrogen) atoms. The Bertz CT molecular complexity index is 2450. The molecular formula is C42H26S. The van der Waals surface area contributed by atoms with Crippen LogP contribution in [0.5, 0.6) is 0 Å². The van der Waals surface area contributed by atoms with Gasteiger partial charge in [0.15, 0.2) is 0 Å². The van der Waals surface area contributed by atoms with Gasteiger partial charge in [0.05, 0.1) is 0 Å². The standard InChI is InChI=1S/C42H26S/c1-2-13-27(14-3-1)28-20-10-22-34(35-23-12-26-39-42(35)36-19-8-9-25-38(36)43-39)40(28)37-24-11-21-33-31-16-5-4-15-29(31)30-17-6-7-18-32(30)41(33)37/h1-26H. The Morgan fingerprint density at radius 3 is 1.53 bits per heavy atom. The Balaban J connectivity index is 1.49. The zero-order chi connectivity index (χ0) is 28.3. The highest BCUT2D eigenvalue weighted by atomic mass is 32.1. The second-order valence-electron chi connectivity index (χ2n) is 11.2. The Morgan fingerprint density at radius 2 is 0.767 bits per heavy atom. The van der Waals surface area contributed by atoms with Crippen molar-refractivity contribution in [2.24, 2.45) is 0 Å². The molecule has 1 heteroatoms. The topological polar surface area (TPSA) is 0 Å². The first-order chi connectivity index (χ1) is 21.4. The predicted molar refractivity (Wildman–Crippen MR) is 188 cm³/mol. The summed E-state index contributed by atoms with van der Waals surface area (Å²) in [5.74, 6) is 0. The SMILES string of the molecule is c1ccc(-c2cccc(-c3cccc4sc5ccccc5c34)c2-c2cccc3c4ccccc4c4ccccc4c23)cc1. The number of fused-ring (bicyclic) bond motifs is 9. The van der Waals surface area contributed by atoms with E-state index in [0.717, 1.165) is 0 Å². The first kappa shape index (κ1) is 24.4. The largest absolute Gasteiger partial charge is 0.135 e. The van der Waals surface area contributed by atoms with Gasteiger partial charge in [0.25, 0.3) is 0 Å². The zero-order valence-electron chi connectivity index (χ0n) is 23.4. The quantitative estimate of drug-likeness (QED) is 0.188. The van der Waals surface area contributed by atoms with E-state index < -0.39 is 0 Å². The third-order valence-electron chi connectivity index (χ3n) is 8.88. The van der Waals surface area contributed by atoms with Crippen molar-refractivity contribution in [3.8, 4) is 33.4 Å². The Labute approximate surface area is 254 Å². The van der Waals surface area contributed by atoms with Crippen molar-refractivity contribution in [3.63, 3.8) is 0 Å². The minimum Gasteiger partial charge on any atom is -0.135 e. The van der Waals surface area contributed by atoms with Gasteiger partial charge in [0.2, 0.25) is 0 Å². The van der Waals surface area contributed by atoms with E-state index >= 15 is 0 Å². The lowest BCUT2D eigenvalue weighted by molar-refractivity contribution is 1.59. The van der Waals surface area contributed by atoms with E-state index in [9.17, 15) is 0 Å². The van der Waals surface area contributed by atoms with Crippen LogP contribution in [0.1, 0.15) is 0 Å². The van der Waals surface area contributed by atoms with Gasteiger partial charge in [-0.15, -0.1) is 11.3 Å². The summed E-state index contributed by atoms with van der Waals surface area (Å²) in [5.41, 5.74) is 7.57. The molecule has 0 radical (unpaired) electrons. The number of hydrogen-bond acceptors (Lipinski definition) is 1. The Kier molecular flexibility index (Phi) is 5.47. The third kappa shape index (κ3) is 3.69. The average molecular weight is 563 g/mol. The number of rotatable bonds is 3. The van der Waals surface area contributed by atoms with E-state index in [0.29, 0.717) is 0 Å². The summed E-state index contributed by atoms with van der Waals surface area (Å²) in [6.45, 7) is 0. The normalized spacial score (nSPS) is 11.7. The molecule has 200 valence electrons. The van der Waals surface area contributed by atoms with Gasteiger partial charge in [-0.3, -0.25) is 0 Å². The van der Waals surface area contributed by atoms with Crippen LogP contribution >= 0.6 is 11.3 Å². The van der Waals surface area contributed by atoms with E-state index in [1.807, 2.05) is 11.3 Å². The number of hydrogen-bond donors (Lipinski definition) is 0. The Hall–Kier alpha value is -5.24. The molecule has 0 nitrogen and oxygen atoms in total. The fraction of sp³-hybridized carbons (Fsp3) is 0. The lowest BCUT2D eigenvalue weighted by atomic mass is 9.83. The van der Waals surface area contributed by atoms with Crippen molar-refractivity contribution in [3.05, 3.63) is 158 Å². The molecule has 9 aromatic rings. The van der Waals surface area contributed by atoms with Crippen LogP contribution in [0.4, 0.5) is 0 Å². The molecule has 0 fully saturated rings. The molecule has 0 bridgehead atoms. The highest BCUT2D eigenvalue weighted by Crippen LogP contribution is 2.49. The average Bonchev–Trinajstić information content (AvgIpc) is 3.47. The van der Waals surface area contributed by atoms with Crippen molar-refractivity contribution in [2.45, 2.75) is 0 Å². The highest BCUT2D eigenvalue weighted by molar-refractivity contribution is 7.25. The predicted octanol–water partition coefficient (Wildman–Crippen LogP) is 12.5. The fourth-order valence-electron chi connectivity index (χ4n) is 7.09. The second-order valence-corrected chi connectivity index (χ2v) is 12.3. The highest BCUT2D eigenvalue weighted by Gasteiger charge is 2.21. The van der Waals surface area contributed by atoms with Crippen molar-refractivity contribution in [1.82, 2.24) is 0 Å². The summed E-state index contributed by atoms with van der Waals surface area (Å²) in [6, 6.07) is 58.0. The van der Waals surface area contributed by atoms with E-state index in [1.54, 1.807) is 0 Å². The van der Waals surface area contributed by atoms with E-state index in [1.165, 1.54) is 85.9 Å². The number of benzene rings is 8. The van der Waals surface area contributed by atoms with Crippen molar-refractivity contribution >= 4 is 63.8 Å². The molecule has 0 saturated carbocycles. The molecule has 0 spiro atoms. The van der Waals surface area contributed by atoms with Crippen LogP contribution in [-0.4, -0.2) is 0 Å². The van der Waals surface area contributed by atoms with E-state index in [4.69, 9.17) is 0 Å². The van der Waals surface area contributed by atoms with E-state index in [-0.39, 0.29) is 0 Å². The van der Waals surface area contributed by atoms with Crippen molar-refractivity contribution < 1.29 is 0 Å². The molecule has 8 aromatic carbocycles. The molecule has 0 atom stereocenters. The summed E-state index contributed by atoms with van der Waals surface area (Å²) in [7, 11) is 0. The molecule has 0 aliphatic rings. The molecule has 0 N–H and O–H groups in total. The maximum atomic E-state index is 2.33. The minimum absolute atomic E-state index is 1.23. The first-order valence-corrected chi connectivity index (χ1v) is 15.6. The molecule has 0 saturated heterocycles. The van der Waals surface area contributed by atoms with Crippen LogP contribution in [0.3, 0.4) is 0 Å². The third-order valence-corrected chi connectivity index (χ3v) is 10.0. The van der Waals surface area contributed by atoms with Gasteiger partial charge in [0.1, 0.15) is 0 Å². The fourth-order valence-corrected chi connectivity index (χ4v) is 8.22. The summed E-state index contributed by atoms with van der Waals surface area (Å²) in [5, 5.41) is 10.4. The summed E-state index contributed by atoms with van der Waals surface area (Å²) in [6.07, 6.45) is 0. The second kappa shape index (κ2) is 9.66. The van der Waals surface area contributed by atoms with Crippen LogP contribution in [0.15, 0.2) is 158 Å². The van der Waals surface area contributed by atoms with Gasteiger partial charge in [-0.1, -0.05) is 146 Å². The van der Waals surface area contributed by atoms with Crippen LogP contribution < -0.4 is 0 Å². The molecule has 1 aromatic heterocycles. The van der Waals surface area contributed by atoms with Crippen LogP contribution in [0.2, 0.25) is 0 Å². The Morgan fingerprint density at radius 1 is 0.279 bits per heavy atom. The van der Waals surface area contributed by atoms with Crippen LogP contribution in [0.25, 0.3) is 85.9 Å². The first-order valence-electron chi connectivity index (χ1n) is 14.8. The molecule has 0 aliphatic carbocycles. The van der Waals surface area contributed by atoms with Gasteiger partial charge >= 0.3 is 0 Å². The van der Waals surface area contributed by atoms with Gasteiger partial charge in [0, 0.05) is 20.2 Å². The molecule has 0 unspecified atom stereocenters. The van der Waals surface area contributed by atoms with Crippen LogP contribution in [-0.2, 0) is 0 Å².